The predicted molar refractivity (Wildman–Crippen MR) is 83.5 cm³/mol. The third-order valence-corrected chi connectivity index (χ3v) is 4.13. The summed E-state index contributed by atoms with van der Waals surface area (Å²) in [5.74, 6) is 0.825. The molecular weight excluding hydrogens is 318 g/mol. The van der Waals surface area contributed by atoms with Crippen molar-refractivity contribution in [3.05, 3.63) is 34.3 Å². The monoisotopic (exact) mass is 339 g/mol. The molecule has 0 radical (unpaired) electrons. The maximum Gasteiger partial charge on any atom is 0.222 e. The topological polar surface area (TPSA) is 29.5 Å². The van der Waals surface area contributed by atoms with Gasteiger partial charge in [0.25, 0.3) is 0 Å². The van der Waals surface area contributed by atoms with Gasteiger partial charge in [0.1, 0.15) is 6.10 Å². The Hall–Kier alpha value is -0.870. The number of hydrogen-bond donors (Lipinski definition) is 0. The number of carbonyl (C=O) groups is 1. The zero-order valence-electron chi connectivity index (χ0n) is 12.1. The first-order valence-electron chi connectivity index (χ1n) is 7.21. The van der Waals surface area contributed by atoms with E-state index in [9.17, 15) is 4.79 Å². The van der Waals surface area contributed by atoms with Crippen LogP contribution in [0.25, 0.3) is 0 Å². The van der Waals surface area contributed by atoms with Gasteiger partial charge in [-0.2, -0.15) is 0 Å². The van der Waals surface area contributed by atoms with Crippen LogP contribution in [0, 0.1) is 5.92 Å². The van der Waals surface area contributed by atoms with Crippen molar-refractivity contribution in [1.82, 2.24) is 4.90 Å². The van der Waals surface area contributed by atoms with Crippen LogP contribution in [-0.4, -0.2) is 30.5 Å². The predicted octanol–water partition coefficient (Wildman–Crippen LogP) is 3.79. The summed E-state index contributed by atoms with van der Waals surface area (Å²) in [6.07, 6.45) is 1.60. The normalized spacial score (nSPS) is 19.4. The summed E-state index contributed by atoms with van der Waals surface area (Å²) in [5.41, 5.74) is 1.13. The van der Waals surface area contributed by atoms with E-state index in [0.29, 0.717) is 32.0 Å². The Morgan fingerprint density at radius 1 is 1.40 bits per heavy atom. The summed E-state index contributed by atoms with van der Waals surface area (Å²) in [5, 5.41) is 0. The lowest BCUT2D eigenvalue weighted by Gasteiger charge is -2.33. The zero-order chi connectivity index (χ0) is 14.5. The highest BCUT2D eigenvalue weighted by Gasteiger charge is 2.25. The maximum atomic E-state index is 12.2. The van der Waals surface area contributed by atoms with Crippen molar-refractivity contribution < 1.29 is 9.53 Å². The molecule has 110 valence electrons. The van der Waals surface area contributed by atoms with Gasteiger partial charge in [-0.3, -0.25) is 4.79 Å². The number of ether oxygens (including phenoxy) is 1. The molecular formula is C16H22BrNO2. The molecule has 1 heterocycles. The third kappa shape index (κ3) is 4.32. The zero-order valence-corrected chi connectivity index (χ0v) is 13.7. The second kappa shape index (κ2) is 7.23. The first-order valence-corrected chi connectivity index (χ1v) is 8.00. The summed E-state index contributed by atoms with van der Waals surface area (Å²) in [4.78, 5) is 14.1. The van der Waals surface area contributed by atoms with Crippen LogP contribution in [0.4, 0.5) is 0 Å². The molecule has 0 spiro atoms. The Bertz CT molecular complexity index is 444. The number of morpholine rings is 1. The average molecular weight is 340 g/mol. The van der Waals surface area contributed by atoms with Crippen LogP contribution >= 0.6 is 15.9 Å². The van der Waals surface area contributed by atoms with Gasteiger partial charge in [-0.1, -0.05) is 41.9 Å². The van der Waals surface area contributed by atoms with E-state index in [1.807, 2.05) is 17.0 Å². The summed E-state index contributed by atoms with van der Waals surface area (Å²) < 4.78 is 6.86. The largest absolute Gasteiger partial charge is 0.370 e. The number of nitrogens with zero attached hydrogens (tertiary/aromatic N) is 1. The Morgan fingerprint density at radius 3 is 2.75 bits per heavy atom. The molecule has 0 bridgehead atoms. The Kier molecular flexibility index (Phi) is 5.61. The molecule has 1 unspecified atom stereocenters. The van der Waals surface area contributed by atoms with Crippen LogP contribution in [0.1, 0.15) is 38.4 Å². The molecule has 1 aliphatic rings. The lowest BCUT2D eigenvalue weighted by molar-refractivity contribution is -0.139. The van der Waals surface area contributed by atoms with E-state index in [-0.39, 0.29) is 12.0 Å². The Morgan fingerprint density at radius 2 is 2.10 bits per heavy atom. The number of hydrogen-bond acceptors (Lipinski definition) is 2. The van der Waals surface area contributed by atoms with E-state index in [2.05, 4.69) is 41.9 Å². The number of rotatable bonds is 4. The SMILES string of the molecule is CC(C)CCC(=O)N1CCOC(c2ccc(Br)cc2)C1. The summed E-state index contributed by atoms with van der Waals surface area (Å²) in [6, 6.07) is 8.13. The minimum Gasteiger partial charge on any atom is -0.370 e. The first-order chi connectivity index (χ1) is 9.56. The highest BCUT2D eigenvalue weighted by molar-refractivity contribution is 9.10. The molecule has 1 atom stereocenters. The molecule has 1 aliphatic heterocycles. The molecule has 0 N–H and O–H groups in total. The third-order valence-electron chi connectivity index (χ3n) is 3.60. The van der Waals surface area contributed by atoms with Crippen molar-refractivity contribution in [1.29, 1.82) is 0 Å². The molecule has 2 rings (SSSR count). The lowest BCUT2D eigenvalue weighted by atomic mass is 10.1. The summed E-state index contributed by atoms with van der Waals surface area (Å²) in [6.45, 7) is 6.30. The second-order valence-corrected chi connectivity index (χ2v) is 6.60. The lowest BCUT2D eigenvalue weighted by Crippen LogP contribution is -2.42. The van der Waals surface area contributed by atoms with E-state index in [1.165, 1.54) is 0 Å². The number of carbonyl (C=O) groups excluding carboxylic acids is 1. The molecule has 1 aromatic carbocycles. The van der Waals surface area contributed by atoms with Crippen LogP contribution in [0.2, 0.25) is 0 Å². The van der Waals surface area contributed by atoms with E-state index in [0.717, 1.165) is 16.5 Å². The van der Waals surface area contributed by atoms with E-state index in [1.54, 1.807) is 0 Å². The molecule has 3 nitrogen and oxygen atoms in total. The van der Waals surface area contributed by atoms with E-state index < -0.39 is 0 Å². The van der Waals surface area contributed by atoms with Crippen LogP contribution in [-0.2, 0) is 9.53 Å². The standard InChI is InChI=1S/C16H22BrNO2/c1-12(2)3-8-16(19)18-9-10-20-15(11-18)13-4-6-14(17)7-5-13/h4-7,12,15H,3,8-11H2,1-2H3. The highest BCUT2D eigenvalue weighted by Crippen LogP contribution is 2.24. The quantitative estimate of drug-likeness (QED) is 0.835. The van der Waals surface area contributed by atoms with E-state index >= 15 is 0 Å². The van der Waals surface area contributed by atoms with Crippen LogP contribution in [0.5, 0.6) is 0 Å². The van der Waals surface area contributed by atoms with Crippen molar-refractivity contribution in [3.63, 3.8) is 0 Å². The van der Waals surface area contributed by atoms with Gasteiger partial charge in [0.05, 0.1) is 13.2 Å². The summed E-state index contributed by atoms with van der Waals surface area (Å²) >= 11 is 3.43. The van der Waals surface area contributed by atoms with Crippen molar-refractivity contribution >= 4 is 21.8 Å². The van der Waals surface area contributed by atoms with Crippen LogP contribution in [0.15, 0.2) is 28.7 Å². The average Bonchev–Trinajstić information content (AvgIpc) is 2.45. The number of amides is 1. The van der Waals surface area contributed by atoms with Crippen molar-refractivity contribution in [2.45, 2.75) is 32.8 Å². The van der Waals surface area contributed by atoms with Gasteiger partial charge in [0, 0.05) is 17.4 Å². The van der Waals surface area contributed by atoms with Gasteiger partial charge in [-0.05, 0) is 30.0 Å². The molecule has 1 fully saturated rings. The van der Waals surface area contributed by atoms with Gasteiger partial charge >= 0.3 is 0 Å². The molecule has 0 aromatic heterocycles. The van der Waals surface area contributed by atoms with E-state index in [4.69, 9.17) is 4.74 Å². The molecule has 1 aromatic rings. The van der Waals surface area contributed by atoms with Gasteiger partial charge in [0.15, 0.2) is 0 Å². The molecule has 20 heavy (non-hydrogen) atoms. The second-order valence-electron chi connectivity index (χ2n) is 5.68. The van der Waals surface area contributed by atoms with Gasteiger partial charge in [-0.15, -0.1) is 0 Å². The molecule has 1 amide bonds. The molecule has 4 heteroatoms. The fourth-order valence-electron chi connectivity index (χ4n) is 2.33. The smallest absolute Gasteiger partial charge is 0.222 e. The van der Waals surface area contributed by atoms with Crippen molar-refractivity contribution in [3.8, 4) is 0 Å². The minimum absolute atomic E-state index is 0.000139. The first kappa shape index (κ1) is 15.5. The van der Waals surface area contributed by atoms with Crippen molar-refractivity contribution in [2.75, 3.05) is 19.7 Å². The van der Waals surface area contributed by atoms with Gasteiger partial charge in [-0.25, -0.2) is 0 Å². The number of benzene rings is 1. The van der Waals surface area contributed by atoms with Crippen LogP contribution < -0.4 is 0 Å². The van der Waals surface area contributed by atoms with Crippen LogP contribution in [0.3, 0.4) is 0 Å². The fourth-order valence-corrected chi connectivity index (χ4v) is 2.59. The number of halogens is 1. The molecule has 0 saturated carbocycles. The summed E-state index contributed by atoms with van der Waals surface area (Å²) in [7, 11) is 0. The Labute approximate surface area is 129 Å². The minimum atomic E-state index is -0.000139. The Balaban J connectivity index is 1.94. The fraction of sp³-hybridized carbons (Fsp3) is 0.562. The maximum absolute atomic E-state index is 12.2. The van der Waals surface area contributed by atoms with Gasteiger partial charge < -0.3 is 9.64 Å². The molecule has 1 saturated heterocycles. The highest BCUT2D eigenvalue weighted by atomic mass is 79.9. The van der Waals surface area contributed by atoms with Crippen molar-refractivity contribution in [2.24, 2.45) is 5.92 Å². The molecule has 0 aliphatic carbocycles. The van der Waals surface area contributed by atoms with Gasteiger partial charge in [0.2, 0.25) is 5.91 Å².